The molecule has 0 saturated heterocycles. The number of hydrogen-bond acceptors (Lipinski definition) is 5. The quantitative estimate of drug-likeness (QED) is 0.338. The van der Waals surface area contributed by atoms with Crippen LogP contribution in [0.4, 0.5) is 54.8 Å². The lowest BCUT2D eigenvalue weighted by Gasteiger charge is -2.43. The third kappa shape index (κ3) is 7.62. The summed E-state index contributed by atoms with van der Waals surface area (Å²) in [5, 5.41) is 8.87. The molecule has 2 atom stereocenters. The first kappa shape index (κ1) is 33.3. The van der Waals surface area contributed by atoms with E-state index in [-0.39, 0.29) is 30.2 Å². The van der Waals surface area contributed by atoms with Gasteiger partial charge in [0.25, 0.3) is 0 Å². The van der Waals surface area contributed by atoms with Gasteiger partial charge in [0, 0.05) is 12.6 Å². The first-order valence-corrected chi connectivity index (χ1v) is 12.3. The summed E-state index contributed by atoms with van der Waals surface area (Å²) < 4.78 is 131. The minimum atomic E-state index is -5.21. The number of fused-ring (bicyclic) bond motifs is 1. The number of nitrogens with zero attached hydrogens (tertiary/aromatic N) is 2. The zero-order chi connectivity index (χ0) is 32.5. The summed E-state index contributed by atoms with van der Waals surface area (Å²) in [4.78, 5) is 38.2. The molecule has 1 heterocycles. The maximum atomic E-state index is 13.7. The van der Waals surface area contributed by atoms with Crippen molar-refractivity contribution in [2.24, 2.45) is 0 Å². The van der Waals surface area contributed by atoms with Crippen molar-refractivity contribution in [3.05, 3.63) is 64.2 Å². The van der Waals surface area contributed by atoms with Crippen molar-refractivity contribution < 1.29 is 68.5 Å². The molecule has 0 fully saturated rings. The second kappa shape index (κ2) is 12.2. The van der Waals surface area contributed by atoms with E-state index >= 15 is 0 Å². The molecule has 17 heteroatoms. The number of benzene rings is 2. The minimum Gasteiger partial charge on any atom is -0.479 e. The number of carboxylic acids is 1. The lowest BCUT2D eigenvalue weighted by atomic mass is 9.87. The molecule has 2 aromatic carbocycles. The Kier molecular flexibility index (Phi) is 9.46. The van der Waals surface area contributed by atoms with Gasteiger partial charge >= 0.3 is 36.7 Å². The summed E-state index contributed by atoms with van der Waals surface area (Å²) in [6.45, 7) is -0.504. The fourth-order valence-corrected chi connectivity index (χ4v) is 4.72. The molecule has 2 amide bonds. The molecule has 3 rings (SSSR count). The molecule has 0 unspecified atom stereocenters. The van der Waals surface area contributed by atoms with E-state index in [0.29, 0.717) is 29.2 Å². The van der Waals surface area contributed by atoms with Gasteiger partial charge in [0.2, 0.25) is 0 Å². The van der Waals surface area contributed by atoms with E-state index in [1.807, 2.05) is 0 Å². The van der Waals surface area contributed by atoms with Gasteiger partial charge in [-0.3, -0.25) is 9.80 Å². The summed E-state index contributed by atoms with van der Waals surface area (Å²) in [6, 6.07) is 0.254. The average molecular weight is 630 g/mol. The Balaban J connectivity index is 2.21. The highest BCUT2D eigenvalue weighted by atomic mass is 19.4. The van der Waals surface area contributed by atoms with Crippen molar-refractivity contribution in [1.29, 1.82) is 0 Å². The van der Waals surface area contributed by atoms with Crippen LogP contribution in [0.25, 0.3) is 0 Å². The summed E-state index contributed by atoms with van der Waals surface area (Å²) in [6.07, 6.45) is -18.2. The Bertz CT molecular complexity index is 1340. The third-order valence-corrected chi connectivity index (χ3v) is 6.61. The highest BCUT2D eigenvalue weighted by Gasteiger charge is 2.43. The maximum Gasteiger partial charge on any atom is 0.416 e. The smallest absolute Gasteiger partial charge is 0.416 e. The van der Waals surface area contributed by atoms with Crippen LogP contribution in [0.3, 0.4) is 0 Å². The van der Waals surface area contributed by atoms with Crippen LogP contribution in [-0.2, 0) is 39.3 Å². The van der Waals surface area contributed by atoms with Gasteiger partial charge in [0.05, 0.1) is 35.5 Å². The number of methoxy groups -OCH3 is 1. The number of carbonyl (C=O) groups excluding carboxylic acids is 2. The van der Waals surface area contributed by atoms with E-state index in [2.05, 4.69) is 0 Å². The molecular weight excluding hydrogens is 607 g/mol. The van der Waals surface area contributed by atoms with Crippen molar-refractivity contribution in [2.45, 2.75) is 56.9 Å². The lowest BCUT2D eigenvalue weighted by Crippen LogP contribution is -2.49. The number of rotatable bonds is 6. The molecule has 1 N–H and O–H groups in total. The van der Waals surface area contributed by atoms with Crippen LogP contribution in [-0.4, -0.2) is 47.9 Å². The molecule has 2 aromatic rings. The molecule has 0 aromatic heterocycles. The lowest BCUT2D eigenvalue weighted by molar-refractivity contribution is -0.143. The highest BCUT2D eigenvalue weighted by molar-refractivity contribution is 5.91. The minimum absolute atomic E-state index is 0.0654. The molecule has 8 nitrogen and oxygen atoms in total. The molecule has 43 heavy (non-hydrogen) atoms. The van der Waals surface area contributed by atoms with Crippen LogP contribution in [0.15, 0.2) is 36.4 Å². The Morgan fingerprint density at radius 1 is 0.907 bits per heavy atom. The number of carboxylic acid groups (broad SMARTS) is 1. The van der Waals surface area contributed by atoms with Crippen LogP contribution in [0.5, 0.6) is 0 Å². The van der Waals surface area contributed by atoms with Crippen LogP contribution in [0, 0.1) is 0 Å². The first-order valence-electron chi connectivity index (χ1n) is 12.3. The van der Waals surface area contributed by atoms with Gasteiger partial charge < -0.3 is 14.6 Å². The van der Waals surface area contributed by atoms with Gasteiger partial charge in [-0.15, -0.1) is 0 Å². The van der Waals surface area contributed by atoms with E-state index in [4.69, 9.17) is 14.6 Å². The van der Waals surface area contributed by atoms with Gasteiger partial charge in [0.15, 0.2) is 6.61 Å². The van der Waals surface area contributed by atoms with Crippen LogP contribution in [0.1, 0.15) is 53.6 Å². The number of carbonyl (C=O) groups is 3. The molecule has 1 aliphatic heterocycles. The summed E-state index contributed by atoms with van der Waals surface area (Å²) >= 11 is 0. The van der Waals surface area contributed by atoms with Crippen LogP contribution >= 0.6 is 0 Å². The van der Waals surface area contributed by atoms with Crippen molar-refractivity contribution in [2.75, 3.05) is 18.6 Å². The van der Waals surface area contributed by atoms with Gasteiger partial charge in [-0.1, -0.05) is 6.92 Å². The van der Waals surface area contributed by atoms with Gasteiger partial charge in [-0.05, 0) is 60.4 Å². The van der Waals surface area contributed by atoms with E-state index in [0.717, 1.165) is 18.1 Å². The highest BCUT2D eigenvalue weighted by Crippen LogP contribution is 2.45. The fraction of sp³-hybridized carbons (Fsp3) is 0.423. The zero-order valence-electron chi connectivity index (χ0n) is 22.2. The summed E-state index contributed by atoms with van der Waals surface area (Å²) in [5.74, 6) is -1.53. The van der Waals surface area contributed by atoms with E-state index in [9.17, 15) is 53.9 Å². The number of alkyl halides is 9. The Morgan fingerprint density at radius 3 is 1.93 bits per heavy atom. The largest absolute Gasteiger partial charge is 0.479 e. The SMILES string of the molecule is CC[C@H]1C[C@@H](N(Cc2cc(C(F)(F)F)cc(C(F)(F)F)c2)C(=O)OC)c2cc(C(F)(F)F)ccc2N1C(=O)OCC(=O)O. The number of amides is 2. The number of ether oxygens (including phenoxy) is 2. The van der Waals surface area contributed by atoms with Crippen molar-refractivity contribution in [3.8, 4) is 0 Å². The van der Waals surface area contributed by atoms with Crippen molar-refractivity contribution in [1.82, 2.24) is 4.90 Å². The number of anilines is 1. The second-order valence-corrected chi connectivity index (χ2v) is 9.42. The van der Waals surface area contributed by atoms with Gasteiger partial charge in [-0.25, -0.2) is 14.4 Å². The topological polar surface area (TPSA) is 96.4 Å². The number of halogens is 9. The van der Waals surface area contributed by atoms with Crippen LogP contribution in [0.2, 0.25) is 0 Å². The van der Waals surface area contributed by atoms with E-state index in [1.54, 1.807) is 6.92 Å². The molecular formula is C26H23F9N2O6. The second-order valence-electron chi connectivity index (χ2n) is 9.42. The first-order chi connectivity index (χ1) is 19.8. The normalized spacial score (nSPS) is 17.2. The zero-order valence-corrected chi connectivity index (χ0v) is 22.2. The van der Waals surface area contributed by atoms with Gasteiger partial charge in [0.1, 0.15) is 0 Å². The Labute approximate surface area is 237 Å². The Hall–Kier alpha value is -4.18. The number of aliphatic carboxylic acids is 1. The average Bonchev–Trinajstić information content (AvgIpc) is 2.91. The monoisotopic (exact) mass is 630 g/mol. The maximum absolute atomic E-state index is 13.7. The fourth-order valence-electron chi connectivity index (χ4n) is 4.72. The molecule has 236 valence electrons. The predicted octanol–water partition coefficient (Wildman–Crippen LogP) is 7.26. The van der Waals surface area contributed by atoms with E-state index in [1.165, 1.54) is 0 Å². The standard InChI is InChI=1S/C26H23F9N2O6/c1-3-17-10-20(18-9-14(24(27,28)29)4-5-19(18)37(17)23(41)43-12-21(38)39)36(22(40)42-2)11-13-6-15(25(30,31)32)8-16(7-13)26(33,34)35/h4-9,17,20H,3,10-12H2,1-2H3,(H,38,39)/t17-,20+/m0/s1. The van der Waals surface area contributed by atoms with Crippen molar-refractivity contribution in [3.63, 3.8) is 0 Å². The van der Waals surface area contributed by atoms with Gasteiger partial charge in [-0.2, -0.15) is 39.5 Å². The molecule has 0 aliphatic carbocycles. The molecule has 1 aliphatic rings. The summed E-state index contributed by atoms with van der Waals surface area (Å²) in [7, 11) is 0.853. The molecule has 0 radical (unpaired) electrons. The predicted molar refractivity (Wildman–Crippen MR) is 129 cm³/mol. The van der Waals surface area contributed by atoms with E-state index < -0.39 is 84.2 Å². The molecule has 0 bridgehead atoms. The third-order valence-electron chi connectivity index (χ3n) is 6.61. The van der Waals surface area contributed by atoms with Crippen LogP contribution < -0.4 is 4.90 Å². The Morgan fingerprint density at radius 2 is 1.47 bits per heavy atom. The number of hydrogen-bond donors (Lipinski definition) is 1. The van der Waals surface area contributed by atoms with Crippen molar-refractivity contribution >= 4 is 23.8 Å². The molecule has 0 saturated carbocycles. The summed E-state index contributed by atoms with van der Waals surface area (Å²) in [5.41, 5.74) is -5.86. The molecule has 0 spiro atoms.